The van der Waals surface area contributed by atoms with Gasteiger partial charge >= 0.3 is 0 Å². The quantitative estimate of drug-likeness (QED) is 0.753. The van der Waals surface area contributed by atoms with Crippen molar-refractivity contribution in [1.29, 1.82) is 0 Å². The fourth-order valence-electron chi connectivity index (χ4n) is 1.76. The summed E-state index contributed by atoms with van der Waals surface area (Å²) < 4.78 is 5.57. The highest BCUT2D eigenvalue weighted by molar-refractivity contribution is 5.36. The van der Waals surface area contributed by atoms with Crippen LogP contribution in [0.25, 0.3) is 0 Å². The van der Waals surface area contributed by atoms with Crippen LogP contribution in [-0.2, 0) is 6.54 Å². The molecule has 1 aliphatic rings. The van der Waals surface area contributed by atoms with Crippen LogP contribution < -0.4 is 10.6 Å². The van der Waals surface area contributed by atoms with E-state index in [1.54, 1.807) is 0 Å². The molecule has 1 aliphatic heterocycles. The van der Waals surface area contributed by atoms with Gasteiger partial charge in [-0.25, -0.2) is 0 Å². The van der Waals surface area contributed by atoms with E-state index in [2.05, 4.69) is 4.90 Å². The summed E-state index contributed by atoms with van der Waals surface area (Å²) in [6, 6.07) is 3.98. The highest BCUT2D eigenvalue weighted by atomic mass is 16.4. The molecule has 72 valence electrons. The van der Waals surface area contributed by atoms with E-state index in [4.69, 9.17) is 10.2 Å². The second kappa shape index (κ2) is 3.83. The molecule has 0 saturated carbocycles. The first kappa shape index (κ1) is 8.63. The van der Waals surface area contributed by atoms with Crippen LogP contribution in [0.1, 0.15) is 25.0 Å². The molecule has 0 unspecified atom stereocenters. The summed E-state index contributed by atoms with van der Waals surface area (Å²) in [7, 11) is 0. The predicted molar refractivity (Wildman–Crippen MR) is 52.7 cm³/mol. The molecule has 0 aliphatic carbocycles. The van der Waals surface area contributed by atoms with Gasteiger partial charge in [0.05, 0.1) is 6.54 Å². The summed E-state index contributed by atoms with van der Waals surface area (Å²) in [5.74, 6) is 1.86. The van der Waals surface area contributed by atoms with Gasteiger partial charge in [-0.3, -0.25) is 0 Å². The van der Waals surface area contributed by atoms with Crippen LogP contribution in [0.3, 0.4) is 0 Å². The highest BCUT2D eigenvalue weighted by Gasteiger charge is 2.13. The average molecular weight is 180 g/mol. The Balaban J connectivity index is 2.05. The Morgan fingerprint density at radius 1 is 1.23 bits per heavy atom. The van der Waals surface area contributed by atoms with Gasteiger partial charge in [-0.05, 0) is 25.3 Å². The summed E-state index contributed by atoms with van der Waals surface area (Å²) in [6.07, 6.45) is 3.90. The number of nitrogens with zero attached hydrogens (tertiary/aromatic N) is 1. The monoisotopic (exact) mass is 180 g/mol. The predicted octanol–water partition coefficient (Wildman–Crippen LogP) is 1.73. The van der Waals surface area contributed by atoms with Crippen LogP contribution in [0.2, 0.25) is 0 Å². The number of hydrogen-bond donors (Lipinski definition) is 1. The van der Waals surface area contributed by atoms with Crippen molar-refractivity contribution in [2.24, 2.45) is 5.73 Å². The molecule has 1 fully saturated rings. The van der Waals surface area contributed by atoms with Gasteiger partial charge in [0.1, 0.15) is 5.76 Å². The van der Waals surface area contributed by atoms with E-state index in [0.717, 1.165) is 24.7 Å². The summed E-state index contributed by atoms with van der Waals surface area (Å²) in [6.45, 7) is 2.74. The smallest absolute Gasteiger partial charge is 0.195 e. The second-order valence-electron chi connectivity index (χ2n) is 3.49. The standard InChI is InChI=1S/C10H16N2O/c11-8-9-4-5-10(13-9)12-6-2-1-3-7-12/h4-5H,1-3,6-8,11H2. The molecule has 2 N–H and O–H groups in total. The van der Waals surface area contributed by atoms with Gasteiger partial charge in [-0.1, -0.05) is 0 Å². The van der Waals surface area contributed by atoms with E-state index in [1.165, 1.54) is 19.3 Å². The molecule has 13 heavy (non-hydrogen) atoms. The van der Waals surface area contributed by atoms with Gasteiger partial charge in [-0.2, -0.15) is 0 Å². The average Bonchev–Trinajstić information content (AvgIpc) is 2.67. The van der Waals surface area contributed by atoms with Crippen molar-refractivity contribution in [3.05, 3.63) is 17.9 Å². The highest BCUT2D eigenvalue weighted by Crippen LogP contribution is 2.21. The van der Waals surface area contributed by atoms with E-state index in [1.807, 2.05) is 12.1 Å². The molecule has 3 nitrogen and oxygen atoms in total. The van der Waals surface area contributed by atoms with Crippen LogP contribution in [-0.4, -0.2) is 13.1 Å². The van der Waals surface area contributed by atoms with Crippen molar-refractivity contribution in [2.75, 3.05) is 18.0 Å². The van der Waals surface area contributed by atoms with Crippen molar-refractivity contribution in [1.82, 2.24) is 0 Å². The number of furan rings is 1. The molecule has 3 heteroatoms. The third-order valence-corrected chi connectivity index (χ3v) is 2.52. The van der Waals surface area contributed by atoms with Crippen molar-refractivity contribution < 1.29 is 4.42 Å². The van der Waals surface area contributed by atoms with Gasteiger partial charge in [0, 0.05) is 19.2 Å². The number of rotatable bonds is 2. The Morgan fingerprint density at radius 3 is 2.62 bits per heavy atom. The molecule has 0 atom stereocenters. The lowest BCUT2D eigenvalue weighted by Gasteiger charge is -2.25. The third-order valence-electron chi connectivity index (χ3n) is 2.52. The van der Waals surface area contributed by atoms with Crippen molar-refractivity contribution in [2.45, 2.75) is 25.8 Å². The van der Waals surface area contributed by atoms with Crippen LogP contribution in [0.4, 0.5) is 5.88 Å². The molecule has 0 radical (unpaired) electrons. The van der Waals surface area contributed by atoms with E-state index in [9.17, 15) is 0 Å². The van der Waals surface area contributed by atoms with Crippen LogP contribution >= 0.6 is 0 Å². The maximum absolute atomic E-state index is 5.57. The molecule has 2 heterocycles. The molecule has 0 bridgehead atoms. The molecular weight excluding hydrogens is 164 g/mol. The minimum atomic E-state index is 0.494. The second-order valence-corrected chi connectivity index (χ2v) is 3.49. The Bertz CT molecular complexity index is 264. The SMILES string of the molecule is NCc1ccc(N2CCCCC2)o1. The summed E-state index contributed by atoms with van der Waals surface area (Å²) in [4.78, 5) is 2.29. The van der Waals surface area contributed by atoms with E-state index in [0.29, 0.717) is 6.54 Å². The first-order valence-corrected chi connectivity index (χ1v) is 4.94. The lowest BCUT2D eigenvalue weighted by Crippen LogP contribution is -2.28. The zero-order chi connectivity index (χ0) is 9.10. The minimum absolute atomic E-state index is 0.494. The molecule has 0 spiro atoms. The summed E-state index contributed by atoms with van der Waals surface area (Å²) in [5.41, 5.74) is 5.48. The van der Waals surface area contributed by atoms with Gasteiger partial charge in [0.2, 0.25) is 0 Å². The normalized spacial score (nSPS) is 17.8. The molecule has 1 aromatic rings. The topological polar surface area (TPSA) is 42.4 Å². The number of nitrogens with two attached hydrogens (primary N) is 1. The first-order chi connectivity index (χ1) is 6.40. The van der Waals surface area contributed by atoms with E-state index >= 15 is 0 Å². The van der Waals surface area contributed by atoms with Crippen LogP contribution in [0, 0.1) is 0 Å². The maximum Gasteiger partial charge on any atom is 0.195 e. The Labute approximate surface area is 78.5 Å². The van der Waals surface area contributed by atoms with Crippen molar-refractivity contribution >= 4 is 5.88 Å². The zero-order valence-electron chi connectivity index (χ0n) is 7.83. The molecule has 0 amide bonds. The largest absolute Gasteiger partial charge is 0.444 e. The van der Waals surface area contributed by atoms with E-state index in [-0.39, 0.29) is 0 Å². The molecule has 1 aromatic heterocycles. The number of anilines is 1. The summed E-state index contributed by atoms with van der Waals surface area (Å²) in [5, 5.41) is 0. The lowest BCUT2D eigenvalue weighted by molar-refractivity contribution is 0.473. The van der Waals surface area contributed by atoms with Crippen LogP contribution in [0.5, 0.6) is 0 Å². The summed E-state index contributed by atoms with van der Waals surface area (Å²) >= 11 is 0. The molecule has 2 rings (SSSR count). The maximum atomic E-state index is 5.57. The molecular formula is C10H16N2O. The molecule has 0 aromatic carbocycles. The van der Waals surface area contributed by atoms with E-state index < -0.39 is 0 Å². The van der Waals surface area contributed by atoms with Crippen molar-refractivity contribution in [3.63, 3.8) is 0 Å². The van der Waals surface area contributed by atoms with Crippen LogP contribution in [0.15, 0.2) is 16.5 Å². The van der Waals surface area contributed by atoms with Crippen molar-refractivity contribution in [3.8, 4) is 0 Å². The van der Waals surface area contributed by atoms with Gasteiger partial charge in [0.15, 0.2) is 5.88 Å². The third kappa shape index (κ3) is 1.86. The Kier molecular flexibility index (Phi) is 2.54. The zero-order valence-corrected chi connectivity index (χ0v) is 7.83. The van der Waals surface area contributed by atoms with Gasteiger partial charge in [0.25, 0.3) is 0 Å². The first-order valence-electron chi connectivity index (χ1n) is 4.94. The number of hydrogen-bond acceptors (Lipinski definition) is 3. The molecule has 1 saturated heterocycles. The fraction of sp³-hybridized carbons (Fsp3) is 0.600. The lowest BCUT2D eigenvalue weighted by atomic mass is 10.1. The number of piperidine rings is 1. The fourth-order valence-corrected chi connectivity index (χ4v) is 1.76. The Morgan fingerprint density at radius 2 is 2.00 bits per heavy atom. The van der Waals surface area contributed by atoms with Gasteiger partial charge < -0.3 is 15.1 Å². The minimum Gasteiger partial charge on any atom is -0.444 e. The van der Waals surface area contributed by atoms with Gasteiger partial charge in [-0.15, -0.1) is 0 Å². The Hall–Kier alpha value is -0.960.